The molecule has 1 saturated carbocycles. The van der Waals surface area contributed by atoms with Gasteiger partial charge in [0, 0.05) is 55.5 Å². The molecule has 0 bridgehead atoms. The molecular weight excluding hydrogens is 624 g/mol. The van der Waals surface area contributed by atoms with Crippen LogP contribution >= 0.6 is 11.6 Å². The van der Waals surface area contributed by atoms with Gasteiger partial charge in [-0.05, 0) is 50.5 Å². The van der Waals surface area contributed by atoms with Crippen LogP contribution in [0.1, 0.15) is 48.7 Å². The van der Waals surface area contributed by atoms with E-state index in [1.54, 1.807) is 4.57 Å². The Labute approximate surface area is 260 Å². The maximum absolute atomic E-state index is 16.0. The number of methoxy groups -OCH3 is 1. The first-order valence-corrected chi connectivity index (χ1v) is 14.7. The minimum absolute atomic E-state index is 0.0394. The lowest BCUT2D eigenvalue weighted by Gasteiger charge is -2.45. The van der Waals surface area contributed by atoms with Crippen molar-refractivity contribution in [2.75, 3.05) is 31.6 Å². The molecule has 5 rings (SSSR count). The first kappa shape index (κ1) is 32.8. The molecule has 244 valence electrons. The molecule has 0 spiro atoms. The van der Waals surface area contributed by atoms with Gasteiger partial charge in [-0.25, -0.2) is 4.39 Å². The molecule has 10 nitrogen and oxygen atoms in total. The largest absolute Gasteiger partial charge is 0.573 e. The molecule has 2 heterocycles. The summed E-state index contributed by atoms with van der Waals surface area (Å²) in [6.07, 6.45) is -3.44. The van der Waals surface area contributed by atoms with Gasteiger partial charge in [0.15, 0.2) is 17.9 Å². The summed E-state index contributed by atoms with van der Waals surface area (Å²) < 4.78 is 64.9. The molecule has 1 aromatic heterocycles. The Hall–Kier alpha value is -3.59. The van der Waals surface area contributed by atoms with Crippen LogP contribution in [0, 0.1) is 5.82 Å². The number of carbonyl (C=O) groups excluding carboxylic acids is 1. The van der Waals surface area contributed by atoms with Crippen molar-refractivity contribution in [3.8, 4) is 11.5 Å². The number of nitrogens with zero attached hydrogens (tertiary/aromatic N) is 3. The molecule has 1 aliphatic heterocycles. The predicted octanol–water partition coefficient (Wildman–Crippen LogP) is 4.18. The van der Waals surface area contributed by atoms with Crippen LogP contribution in [0.15, 0.2) is 35.3 Å². The Kier molecular flexibility index (Phi) is 9.23. The van der Waals surface area contributed by atoms with Crippen molar-refractivity contribution in [3.05, 3.63) is 62.7 Å². The van der Waals surface area contributed by atoms with E-state index in [0.29, 0.717) is 18.6 Å². The van der Waals surface area contributed by atoms with E-state index in [2.05, 4.69) is 10.1 Å². The first-order valence-electron chi connectivity index (χ1n) is 14.3. The van der Waals surface area contributed by atoms with Gasteiger partial charge in [0.2, 0.25) is 5.43 Å². The SMILES string of the molecule is COc1c(N2CC(C)N(CC(O)O)[C@@H](C)C2)c(F)cc2c(=O)c(C(=O)NCc3ccc(OC(F)(F)F)cc3Cl)cn(C3CC3)c12. The van der Waals surface area contributed by atoms with E-state index in [-0.39, 0.29) is 64.2 Å². The Balaban J connectivity index is 1.48. The molecule has 1 saturated heterocycles. The van der Waals surface area contributed by atoms with Gasteiger partial charge in [-0.1, -0.05) is 17.7 Å². The Morgan fingerprint density at radius 2 is 1.82 bits per heavy atom. The number of aliphatic hydroxyl groups is 2. The minimum Gasteiger partial charge on any atom is -0.492 e. The number of nitrogens with one attached hydrogen (secondary N) is 1. The zero-order valence-corrected chi connectivity index (χ0v) is 25.5. The van der Waals surface area contributed by atoms with Crippen LogP contribution in [0.3, 0.4) is 0 Å². The highest BCUT2D eigenvalue weighted by atomic mass is 35.5. The van der Waals surface area contributed by atoms with Crippen LogP contribution in [0.2, 0.25) is 5.02 Å². The fourth-order valence-electron chi connectivity index (χ4n) is 5.96. The van der Waals surface area contributed by atoms with Gasteiger partial charge in [-0.15, -0.1) is 13.2 Å². The number of amides is 1. The normalized spacial score (nSPS) is 19.3. The molecule has 1 amide bonds. The summed E-state index contributed by atoms with van der Waals surface area (Å²) >= 11 is 6.10. The topological polar surface area (TPSA) is 116 Å². The Morgan fingerprint density at radius 1 is 1.16 bits per heavy atom. The van der Waals surface area contributed by atoms with E-state index >= 15 is 4.39 Å². The Morgan fingerprint density at radius 3 is 2.38 bits per heavy atom. The van der Waals surface area contributed by atoms with Gasteiger partial charge < -0.3 is 34.5 Å². The van der Waals surface area contributed by atoms with Gasteiger partial charge >= 0.3 is 6.36 Å². The van der Waals surface area contributed by atoms with Gasteiger partial charge in [0.1, 0.15) is 17.0 Å². The number of β-amino-alcohol motifs (C(OH)–C–C–N with tert-alkyl or cyclic N) is 2. The summed E-state index contributed by atoms with van der Waals surface area (Å²) in [6, 6.07) is 4.03. The molecule has 3 N–H and O–H groups in total. The molecule has 2 aromatic carbocycles. The van der Waals surface area contributed by atoms with Crippen molar-refractivity contribution in [2.24, 2.45) is 0 Å². The molecule has 2 fully saturated rings. The van der Waals surface area contributed by atoms with Gasteiger partial charge in [0.25, 0.3) is 5.91 Å². The van der Waals surface area contributed by atoms with Crippen LogP contribution in [0.4, 0.5) is 23.2 Å². The zero-order chi connectivity index (χ0) is 32.8. The number of rotatable bonds is 9. The smallest absolute Gasteiger partial charge is 0.492 e. The third-order valence-corrected chi connectivity index (χ3v) is 8.43. The molecule has 3 aromatic rings. The number of hydrogen-bond acceptors (Lipinski definition) is 8. The molecule has 2 atom stereocenters. The third kappa shape index (κ3) is 6.98. The van der Waals surface area contributed by atoms with Crippen molar-refractivity contribution >= 4 is 34.1 Å². The van der Waals surface area contributed by atoms with E-state index in [9.17, 15) is 33.0 Å². The second-order valence-electron chi connectivity index (χ2n) is 11.4. The third-order valence-electron chi connectivity index (χ3n) is 8.08. The average molecular weight is 657 g/mol. The quantitative estimate of drug-likeness (QED) is 0.232. The number of alkyl halides is 3. The summed E-state index contributed by atoms with van der Waals surface area (Å²) in [7, 11) is 1.39. The number of anilines is 1. The average Bonchev–Trinajstić information content (AvgIpc) is 3.78. The standard InChI is InChI=1S/C30H33ClF4N4O6/c1-15-11-37(12-16(2)38(15)14-24(40)41)26-23(32)9-20-25(28(26)44-3)39(18-5-6-18)13-21(27(20)42)29(43)36-10-17-4-7-19(8-22(17)31)45-30(33,34)35/h4,7-9,13,15-16,18,24,40-41H,5-6,10-12,14H2,1-3H3,(H,36,43)/t15-,16?/m0/s1. The number of hydrogen-bond donors (Lipinski definition) is 3. The van der Waals surface area contributed by atoms with Crippen LogP contribution in [-0.4, -0.2) is 77.1 Å². The molecule has 2 aliphatic rings. The molecule has 45 heavy (non-hydrogen) atoms. The summed E-state index contributed by atoms with van der Waals surface area (Å²) in [4.78, 5) is 30.7. The number of pyridine rings is 1. The highest BCUT2D eigenvalue weighted by molar-refractivity contribution is 6.31. The van der Waals surface area contributed by atoms with Crippen LogP contribution in [0.25, 0.3) is 10.9 Å². The van der Waals surface area contributed by atoms with E-state index in [1.807, 2.05) is 23.6 Å². The number of piperazine rings is 1. The number of ether oxygens (including phenoxy) is 2. The van der Waals surface area contributed by atoms with E-state index < -0.39 is 35.6 Å². The number of aliphatic hydroxyl groups excluding tert-OH is 1. The molecule has 1 aliphatic carbocycles. The van der Waals surface area contributed by atoms with Crippen LogP contribution in [0.5, 0.6) is 11.5 Å². The van der Waals surface area contributed by atoms with Gasteiger partial charge in [0.05, 0.1) is 18.0 Å². The predicted molar refractivity (Wildman–Crippen MR) is 158 cm³/mol. The maximum atomic E-state index is 16.0. The molecular formula is C30H33ClF4N4O6. The number of carbonyl (C=O) groups is 1. The fraction of sp³-hybridized carbons (Fsp3) is 0.467. The van der Waals surface area contributed by atoms with Crippen LogP contribution in [-0.2, 0) is 6.54 Å². The zero-order valence-electron chi connectivity index (χ0n) is 24.7. The monoisotopic (exact) mass is 656 g/mol. The summed E-state index contributed by atoms with van der Waals surface area (Å²) in [5.41, 5.74) is -0.139. The maximum Gasteiger partial charge on any atom is 0.573 e. The minimum atomic E-state index is -4.89. The number of halogens is 5. The first-order chi connectivity index (χ1) is 21.2. The number of benzene rings is 2. The van der Waals surface area contributed by atoms with Crippen molar-refractivity contribution in [2.45, 2.75) is 64.0 Å². The number of aromatic nitrogens is 1. The van der Waals surface area contributed by atoms with Crippen molar-refractivity contribution in [1.29, 1.82) is 0 Å². The van der Waals surface area contributed by atoms with Gasteiger partial charge in [-0.3, -0.25) is 14.5 Å². The Bertz CT molecular complexity index is 1650. The second kappa shape index (κ2) is 12.7. The van der Waals surface area contributed by atoms with Crippen molar-refractivity contribution in [1.82, 2.24) is 14.8 Å². The summed E-state index contributed by atoms with van der Waals surface area (Å²) in [5, 5.41) is 21.5. The highest BCUT2D eigenvalue weighted by Gasteiger charge is 2.36. The van der Waals surface area contributed by atoms with E-state index in [1.165, 1.54) is 19.4 Å². The van der Waals surface area contributed by atoms with Crippen molar-refractivity contribution < 1.29 is 42.0 Å². The lowest BCUT2D eigenvalue weighted by atomic mass is 10.0. The molecule has 1 unspecified atom stereocenters. The lowest BCUT2D eigenvalue weighted by molar-refractivity contribution is -0.274. The fourth-order valence-corrected chi connectivity index (χ4v) is 6.20. The lowest BCUT2D eigenvalue weighted by Crippen LogP contribution is -2.58. The van der Waals surface area contributed by atoms with Gasteiger partial charge in [-0.2, -0.15) is 0 Å². The highest BCUT2D eigenvalue weighted by Crippen LogP contribution is 2.44. The summed E-state index contributed by atoms with van der Waals surface area (Å²) in [5.74, 6) is -1.84. The summed E-state index contributed by atoms with van der Waals surface area (Å²) in [6.45, 7) is 4.37. The number of fused-ring (bicyclic) bond motifs is 1. The molecule has 15 heteroatoms. The van der Waals surface area contributed by atoms with E-state index in [4.69, 9.17) is 16.3 Å². The van der Waals surface area contributed by atoms with E-state index in [0.717, 1.165) is 31.0 Å². The molecule has 0 radical (unpaired) electrons. The van der Waals surface area contributed by atoms with Crippen LogP contribution < -0.4 is 25.1 Å². The van der Waals surface area contributed by atoms with Crippen molar-refractivity contribution in [3.63, 3.8) is 0 Å². The second-order valence-corrected chi connectivity index (χ2v) is 11.8.